The van der Waals surface area contributed by atoms with Gasteiger partial charge in [-0.05, 0) is 31.0 Å². The summed E-state index contributed by atoms with van der Waals surface area (Å²) in [6.45, 7) is 0.903. The number of carbonyl (C=O) groups excluding carboxylic acids is 2. The maximum absolute atomic E-state index is 13.2. The Bertz CT molecular complexity index is 723. The predicted molar refractivity (Wildman–Crippen MR) is 90.5 cm³/mol. The van der Waals surface area contributed by atoms with Crippen LogP contribution in [0, 0.1) is 11.7 Å². The fraction of sp³-hybridized carbons (Fsp3) is 0.312. The second kappa shape index (κ2) is 7.39. The fourth-order valence-electron chi connectivity index (χ4n) is 2.64. The van der Waals surface area contributed by atoms with E-state index in [4.69, 9.17) is 0 Å². The van der Waals surface area contributed by atoms with Crippen LogP contribution >= 0.6 is 11.3 Å². The van der Waals surface area contributed by atoms with E-state index in [1.54, 1.807) is 22.5 Å². The summed E-state index contributed by atoms with van der Waals surface area (Å²) in [5.41, 5.74) is 0.398. The van der Waals surface area contributed by atoms with Crippen LogP contribution in [0.1, 0.15) is 12.8 Å². The molecule has 2 heterocycles. The van der Waals surface area contributed by atoms with E-state index in [-0.39, 0.29) is 17.9 Å². The highest BCUT2D eigenvalue weighted by molar-refractivity contribution is 7.13. The predicted octanol–water partition coefficient (Wildman–Crippen LogP) is 3.16. The number of hydrogen-bond acceptors (Lipinski definition) is 4. The molecule has 1 saturated heterocycles. The Kier molecular flexibility index (Phi) is 5.05. The number of hydrogen-bond donors (Lipinski definition) is 2. The number of urea groups is 1. The van der Waals surface area contributed by atoms with E-state index >= 15 is 0 Å². The number of rotatable bonds is 3. The summed E-state index contributed by atoms with van der Waals surface area (Å²) in [6, 6.07) is 5.40. The summed E-state index contributed by atoms with van der Waals surface area (Å²) in [6.07, 6.45) is 3.09. The molecular weight excluding hydrogens is 331 g/mol. The second-order valence-electron chi connectivity index (χ2n) is 5.55. The van der Waals surface area contributed by atoms with Gasteiger partial charge in [-0.3, -0.25) is 4.79 Å². The third-order valence-electron chi connectivity index (χ3n) is 3.82. The van der Waals surface area contributed by atoms with Crippen LogP contribution in [0.15, 0.2) is 35.8 Å². The van der Waals surface area contributed by atoms with Crippen molar-refractivity contribution in [2.45, 2.75) is 12.8 Å². The third-order valence-corrected chi connectivity index (χ3v) is 4.51. The minimum atomic E-state index is -0.410. The highest BCUT2D eigenvalue weighted by atomic mass is 32.1. The monoisotopic (exact) mass is 348 g/mol. The topological polar surface area (TPSA) is 74.3 Å². The number of benzene rings is 1. The minimum Gasteiger partial charge on any atom is -0.324 e. The minimum absolute atomic E-state index is 0.131. The lowest BCUT2D eigenvalue weighted by Gasteiger charge is -2.31. The van der Waals surface area contributed by atoms with Crippen LogP contribution in [-0.4, -0.2) is 34.9 Å². The summed E-state index contributed by atoms with van der Waals surface area (Å²) >= 11 is 1.35. The average Bonchev–Trinajstić information content (AvgIpc) is 3.08. The zero-order valence-electron chi connectivity index (χ0n) is 12.9. The van der Waals surface area contributed by atoms with E-state index in [0.29, 0.717) is 23.9 Å². The van der Waals surface area contributed by atoms with Gasteiger partial charge in [0.05, 0.1) is 5.92 Å². The summed E-state index contributed by atoms with van der Waals surface area (Å²) in [5, 5.41) is 7.78. The number of halogens is 1. The lowest BCUT2D eigenvalue weighted by Crippen LogP contribution is -2.45. The van der Waals surface area contributed by atoms with Crippen LogP contribution in [0.3, 0.4) is 0 Å². The molecule has 3 amide bonds. The number of likely N-dealkylation sites (tertiary alicyclic amines) is 1. The van der Waals surface area contributed by atoms with Crippen LogP contribution in [0.25, 0.3) is 0 Å². The number of aromatic nitrogens is 1. The van der Waals surface area contributed by atoms with E-state index in [9.17, 15) is 14.0 Å². The van der Waals surface area contributed by atoms with Crippen molar-refractivity contribution in [1.29, 1.82) is 0 Å². The molecule has 3 rings (SSSR count). The van der Waals surface area contributed by atoms with E-state index in [0.717, 1.165) is 12.8 Å². The van der Waals surface area contributed by atoms with Crippen LogP contribution in [0.5, 0.6) is 0 Å². The molecule has 2 aromatic rings. The quantitative estimate of drug-likeness (QED) is 0.895. The lowest BCUT2D eigenvalue weighted by molar-refractivity contribution is -0.121. The maximum Gasteiger partial charge on any atom is 0.321 e. The Hall–Kier alpha value is -2.48. The normalized spacial score (nSPS) is 17.4. The van der Waals surface area contributed by atoms with Crippen LogP contribution < -0.4 is 10.6 Å². The van der Waals surface area contributed by atoms with Gasteiger partial charge in [0.25, 0.3) is 0 Å². The fourth-order valence-corrected chi connectivity index (χ4v) is 3.17. The van der Waals surface area contributed by atoms with Gasteiger partial charge in [0.15, 0.2) is 5.13 Å². The standard InChI is InChI=1S/C16H17FN4O2S/c17-12-4-1-5-13(9-12)19-16(23)21-7-2-3-11(10-21)14(22)20-15-18-6-8-24-15/h1,4-6,8-9,11H,2-3,7,10H2,(H,19,23)(H,18,20,22)/t11-/m1/s1. The molecule has 1 aliphatic rings. The van der Waals surface area contributed by atoms with Gasteiger partial charge in [-0.25, -0.2) is 14.2 Å². The smallest absolute Gasteiger partial charge is 0.321 e. The zero-order chi connectivity index (χ0) is 16.9. The molecule has 0 aliphatic carbocycles. The van der Waals surface area contributed by atoms with E-state index < -0.39 is 5.82 Å². The van der Waals surface area contributed by atoms with Gasteiger partial charge in [0.1, 0.15) is 5.82 Å². The van der Waals surface area contributed by atoms with E-state index in [2.05, 4.69) is 15.6 Å². The lowest BCUT2D eigenvalue weighted by atomic mass is 9.97. The molecule has 1 aromatic carbocycles. The molecule has 0 bridgehead atoms. The largest absolute Gasteiger partial charge is 0.324 e. The van der Waals surface area contributed by atoms with Crippen molar-refractivity contribution in [3.63, 3.8) is 0 Å². The molecule has 1 fully saturated rings. The molecule has 1 aromatic heterocycles. The van der Waals surface area contributed by atoms with Gasteiger partial charge in [-0.1, -0.05) is 6.07 Å². The Balaban J connectivity index is 1.58. The zero-order valence-corrected chi connectivity index (χ0v) is 13.7. The summed E-state index contributed by atoms with van der Waals surface area (Å²) in [4.78, 5) is 30.2. The molecule has 0 radical (unpaired) electrons. The van der Waals surface area contributed by atoms with Crippen molar-refractivity contribution in [2.75, 3.05) is 23.7 Å². The van der Waals surface area contributed by atoms with E-state index in [1.807, 2.05) is 0 Å². The first-order chi connectivity index (χ1) is 11.6. The number of carbonyl (C=O) groups is 2. The van der Waals surface area contributed by atoms with Crippen molar-refractivity contribution >= 4 is 34.1 Å². The summed E-state index contributed by atoms with van der Waals surface area (Å²) < 4.78 is 13.2. The molecule has 0 saturated carbocycles. The average molecular weight is 348 g/mol. The maximum atomic E-state index is 13.2. The van der Waals surface area contributed by atoms with Crippen molar-refractivity contribution < 1.29 is 14.0 Å². The van der Waals surface area contributed by atoms with Crippen molar-refractivity contribution in [1.82, 2.24) is 9.88 Å². The van der Waals surface area contributed by atoms with E-state index in [1.165, 1.54) is 29.5 Å². The molecule has 6 nitrogen and oxygen atoms in total. The van der Waals surface area contributed by atoms with Gasteiger partial charge < -0.3 is 15.5 Å². The van der Waals surface area contributed by atoms with Crippen LogP contribution in [-0.2, 0) is 4.79 Å². The molecule has 1 aliphatic heterocycles. The molecule has 2 N–H and O–H groups in total. The number of piperidine rings is 1. The van der Waals surface area contributed by atoms with Crippen molar-refractivity contribution in [2.24, 2.45) is 5.92 Å². The molecular formula is C16H17FN4O2S. The molecule has 0 spiro atoms. The molecule has 1 atom stereocenters. The van der Waals surface area contributed by atoms with Crippen LogP contribution in [0.4, 0.5) is 20.0 Å². The highest BCUT2D eigenvalue weighted by Gasteiger charge is 2.28. The number of thiazole rings is 1. The summed E-state index contributed by atoms with van der Waals surface area (Å²) in [7, 11) is 0. The highest BCUT2D eigenvalue weighted by Crippen LogP contribution is 2.20. The van der Waals surface area contributed by atoms with Gasteiger partial charge in [0, 0.05) is 30.4 Å². The molecule has 8 heteroatoms. The summed E-state index contributed by atoms with van der Waals surface area (Å²) in [5.74, 6) is -0.818. The Morgan fingerprint density at radius 1 is 1.33 bits per heavy atom. The Morgan fingerprint density at radius 2 is 2.21 bits per heavy atom. The second-order valence-corrected chi connectivity index (χ2v) is 6.45. The number of nitrogens with zero attached hydrogens (tertiary/aromatic N) is 2. The van der Waals surface area contributed by atoms with Crippen molar-refractivity contribution in [3.05, 3.63) is 41.7 Å². The van der Waals surface area contributed by atoms with Gasteiger partial charge in [-0.15, -0.1) is 11.3 Å². The first-order valence-electron chi connectivity index (χ1n) is 7.63. The van der Waals surface area contributed by atoms with Gasteiger partial charge in [0.2, 0.25) is 5.91 Å². The third kappa shape index (κ3) is 4.08. The molecule has 0 unspecified atom stereocenters. The van der Waals surface area contributed by atoms with Crippen molar-refractivity contribution in [3.8, 4) is 0 Å². The molecule has 126 valence electrons. The Labute approximate surface area is 142 Å². The number of nitrogens with one attached hydrogen (secondary N) is 2. The first-order valence-corrected chi connectivity index (χ1v) is 8.51. The first kappa shape index (κ1) is 16.4. The molecule has 24 heavy (non-hydrogen) atoms. The SMILES string of the molecule is O=C(Nc1nccs1)[C@@H]1CCCN(C(=O)Nc2cccc(F)c2)C1. The van der Waals surface area contributed by atoms with Gasteiger partial charge >= 0.3 is 6.03 Å². The Morgan fingerprint density at radius 3 is 2.96 bits per heavy atom. The van der Waals surface area contributed by atoms with Gasteiger partial charge in [-0.2, -0.15) is 0 Å². The van der Waals surface area contributed by atoms with Crippen LogP contribution in [0.2, 0.25) is 0 Å². The number of anilines is 2. The number of amides is 3.